The number of hydrogen-bond donors (Lipinski definition) is 4. The van der Waals surface area contributed by atoms with Crippen LogP contribution in [-0.4, -0.2) is 33.3 Å². The first-order valence-electron chi connectivity index (χ1n) is 5.25. The first kappa shape index (κ1) is 13.0. The molecule has 7 nitrogen and oxygen atoms in total. The average Bonchev–Trinajstić information content (AvgIpc) is 2.77. The summed E-state index contributed by atoms with van der Waals surface area (Å²) in [4.78, 5) is 22.1. The number of nitrogens with zero attached hydrogens (tertiary/aromatic N) is 1. The van der Waals surface area contributed by atoms with E-state index in [1.165, 1.54) is 0 Å². The van der Waals surface area contributed by atoms with Gasteiger partial charge in [-0.25, -0.2) is 4.79 Å². The number of aliphatic carboxylic acids is 1. The summed E-state index contributed by atoms with van der Waals surface area (Å²) in [5, 5.41) is 20.3. The van der Waals surface area contributed by atoms with Gasteiger partial charge < -0.3 is 15.7 Å². The van der Waals surface area contributed by atoms with Crippen LogP contribution in [0.2, 0.25) is 0 Å². The lowest BCUT2D eigenvalue weighted by Gasteiger charge is -2.17. The molecule has 2 amide bonds. The van der Waals surface area contributed by atoms with Crippen LogP contribution in [0.1, 0.15) is 19.4 Å². The molecule has 1 aromatic rings. The number of carbonyl (C=O) groups excluding carboxylic acids is 1. The van der Waals surface area contributed by atoms with Gasteiger partial charge >= 0.3 is 12.0 Å². The molecule has 2 atom stereocenters. The van der Waals surface area contributed by atoms with Crippen molar-refractivity contribution in [1.82, 2.24) is 20.8 Å². The molecule has 1 aromatic heterocycles. The molecule has 0 fully saturated rings. The van der Waals surface area contributed by atoms with E-state index in [-0.39, 0.29) is 0 Å². The van der Waals surface area contributed by atoms with Gasteiger partial charge in [0, 0.05) is 24.3 Å². The van der Waals surface area contributed by atoms with Crippen LogP contribution in [-0.2, 0) is 11.3 Å². The number of H-pyrrole nitrogens is 1. The number of amides is 2. The number of aromatic amines is 1. The van der Waals surface area contributed by atoms with Crippen molar-refractivity contribution in [2.24, 2.45) is 5.92 Å². The quantitative estimate of drug-likeness (QED) is 0.594. The highest BCUT2D eigenvalue weighted by molar-refractivity contribution is 5.76. The summed E-state index contributed by atoms with van der Waals surface area (Å²) < 4.78 is 0. The lowest BCUT2D eigenvalue weighted by Crippen LogP contribution is -2.44. The van der Waals surface area contributed by atoms with Crippen LogP contribution in [0.5, 0.6) is 0 Å². The smallest absolute Gasteiger partial charge is 0.315 e. The predicted molar refractivity (Wildman–Crippen MR) is 60.2 cm³/mol. The van der Waals surface area contributed by atoms with Gasteiger partial charge in [-0.3, -0.25) is 9.89 Å². The first-order chi connectivity index (χ1) is 8.00. The summed E-state index contributed by atoms with van der Waals surface area (Å²) in [5.74, 6) is -1.57. The van der Waals surface area contributed by atoms with Crippen LogP contribution in [0.4, 0.5) is 4.79 Å². The number of aromatic nitrogens is 2. The Hall–Kier alpha value is -2.05. The Bertz CT molecular complexity index is 377. The number of urea groups is 1. The molecule has 0 saturated carbocycles. The molecule has 4 N–H and O–H groups in total. The molecule has 0 aliphatic heterocycles. The topological polar surface area (TPSA) is 107 Å². The summed E-state index contributed by atoms with van der Waals surface area (Å²) in [7, 11) is 0. The Morgan fingerprint density at radius 1 is 1.53 bits per heavy atom. The number of carbonyl (C=O) groups is 2. The van der Waals surface area contributed by atoms with E-state index in [1.54, 1.807) is 26.2 Å². The van der Waals surface area contributed by atoms with Crippen LogP contribution in [0.15, 0.2) is 12.4 Å². The fraction of sp³-hybridized carbons (Fsp3) is 0.500. The van der Waals surface area contributed by atoms with Gasteiger partial charge in [0.25, 0.3) is 0 Å². The maximum absolute atomic E-state index is 11.4. The third-order valence-electron chi connectivity index (χ3n) is 2.51. The molecule has 1 heterocycles. The summed E-state index contributed by atoms with van der Waals surface area (Å²) >= 11 is 0. The molecule has 0 spiro atoms. The number of nitrogens with one attached hydrogen (secondary N) is 3. The normalized spacial score (nSPS) is 13.8. The molecule has 0 aromatic carbocycles. The first-order valence-corrected chi connectivity index (χ1v) is 5.25. The Morgan fingerprint density at radius 2 is 2.24 bits per heavy atom. The third kappa shape index (κ3) is 4.13. The van der Waals surface area contributed by atoms with Gasteiger partial charge in [-0.2, -0.15) is 5.10 Å². The number of hydrogen-bond acceptors (Lipinski definition) is 3. The lowest BCUT2D eigenvalue weighted by atomic mass is 10.0. The van der Waals surface area contributed by atoms with E-state index in [9.17, 15) is 9.59 Å². The molecule has 0 bridgehead atoms. The lowest BCUT2D eigenvalue weighted by molar-refractivity contribution is -0.141. The Labute approximate surface area is 98.6 Å². The molecule has 1 rings (SSSR count). The fourth-order valence-electron chi connectivity index (χ4n) is 1.15. The van der Waals surface area contributed by atoms with Crippen molar-refractivity contribution < 1.29 is 14.7 Å². The maximum atomic E-state index is 11.4. The van der Waals surface area contributed by atoms with Gasteiger partial charge in [0.1, 0.15) is 0 Å². The minimum absolute atomic E-state index is 0.344. The standard InChI is InChI=1S/C10H16N4O3/c1-6(9(15)16)7(2)14-10(17)11-3-8-4-12-13-5-8/h4-7H,3H2,1-2H3,(H,12,13)(H,15,16)(H2,11,14,17). The van der Waals surface area contributed by atoms with Crippen molar-refractivity contribution in [2.75, 3.05) is 0 Å². The average molecular weight is 240 g/mol. The van der Waals surface area contributed by atoms with Crippen LogP contribution >= 0.6 is 0 Å². The molecule has 7 heteroatoms. The van der Waals surface area contributed by atoms with Crippen molar-refractivity contribution in [3.63, 3.8) is 0 Å². The summed E-state index contributed by atoms with van der Waals surface area (Å²) in [6, 6.07) is -0.830. The van der Waals surface area contributed by atoms with Crippen LogP contribution in [0.25, 0.3) is 0 Å². The molecule has 0 saturated heterocycles. The molecular formula is C10H16N4O3. The minimum atomic E-state index is -0.937. The summed E-state index contributed by atoms with van der Waals surface area (Å²) in [6.45, 7) is 3.54. The van der Waals surface area contributed by atoms with Gasteiger partial charge in [-0.05, 0) is 13.8 Å². The zero-order valence-corrected chi connectivity index (χ0v) is 9.73. The molecule has 0 radical (unpaired) electrons. The molecule has 17 heavy (non-hydrogen) atoms. The van der Waals surface area contributed by atoms with E-state index < -0.39 is 24.0 Å². The van der Waals surface area contributed by atoms with Gasteiger partial charge in [0.05, 0.1) is 12.1 Å². The van der Waals surface area contributed by atoms with Crippen molar-refractivity contribution in [3.8, 4) is 0 Å². The summed E-state index contributed by atoms with van der Waals surface area (Å²) in [6.07, 6.45) is 3.27. The zero-order chi connectivity index (χ0) is 12.8. The minimum Gasteiger partial charge on any atom is -0.481 e. The van der Waals surface area contributed by atoms with E-state index >= 15 is 0 Å². The van der Waals surface area contributed by atoms with Gasteiger partial charge in [-0.1, -0.05) is 0 Å². The second-order valence-corrected chi connectivity index (χ2v) is 3.85. The van der Waals surface area contributed by atoms with Crippen LogP contribution in [0, 0.1) is 5.92 Å². The Morgan fingerprint density at radius 3 is 2.76 bits per heavy atom. The highest BCUT2D eigenvalue weighted by Gasteiger charge is 2.20. The second kappa shape index (κ2) is 5.88. The van der Waals surface area contributed by atoms with Crippen molar-refractivity contribution in [1.29, 1.82) is 0 Å². The van der Waals surface area contributed by atoms with E-state index in [2.05, 4.69) is 20.8 Å². The molecule has 2 unspecified atom stereocenters. The van der Waals surface area contributed by atoms with E-state index in [1.807, 2.05) is 0 Å². The van der Waals surface area contributed by atoms with Gasteiger partial charge in [0.15, 0.2) is 0 Å². The van der Waals surface area contributed by atoms with E-state index in [0.717, 1.165) is 5.56 Å². The van der Waals surface area contributed by atoms with Crippen molar-refractivity contribution in [2.45, 2.75) is 26.4 Å². The maximum Gasteiger partial charge on any atom is 0.315 e. The highest BCUT2D eigenvalue weighted by Crippen LogP contribution is 2.02. The number of rotatable bonds is 5. The SMILES string of the molecule is CC(NC(=O)NCc1cn[nH]c1)C(C)C(=O)O. The monoisotopic (exact) mass is 240 g/mol. The third-order valence-corrected chi connectivity index (χ3v) is 2.51. The number of carboxylic acids is 1. The Balaban J connectivity index is 2.32. The zero-order valence-electron chi connectivity index (χ0n) is 9.73. The molecular weight excluding hydrogens is 224 g/mol. The van der Waals surface area contributed by atoms with Gasteiger partial charge in [-0.15, -0.1) is 0 Å². The fourth-order valence-corrected chi connectivity index (χ4v) is 1.15. The molecule has 94 valence electrons. The van der Waals surface area contributed by atoms with Crippen molar-refractivity contribution >= 4 is 12.0 Å². The highest BCUT2D eigenvalue weighted by atomic mass is 16.4. The van der Waals surface area contributed by atoms with Gasteiger partial charge in [0.2, 0.25) is 0 Å². The summed E-state index contributed by atoms with van der Waals surface area (Å²) in [5.41, 5.74) is 0.846. The predicted octanol–water partition coefficient (Wildman–Crippen LogP) is 0.318. The molecule has 0 aliphatic rings. The van der Waals surface area contributed by atoms with E-state index in [0.29, 0.717) is 6.54 Å². The van der Waals surface area contributed by atoms with Crippen LogP contribution < -0.4 is 10.6 Å². The van der Waals surface area contributed by atoms with Crippen molar-refractivity contribution in [3.05, 3.63) is 18.0 Å². The number of carboxylic acid groups (broad SMARTS) is 1. The second-order valence-electron chi connectivity index (χ2n) is 3.85. The molecule has 0 aliphatic carbocycles. The van der Waals surface area contributed by atoms with E-state index in [4.69, 9.17) is 5.11 Å². The van der Waals surface area contributed by atoms with Crippen LogP contribution in [0.3, 0.4) is 0 Å². The largest absolute Gasteiger partial charge is 0.481 e. The Kier molecular flexibility index (Phi) is 4.50.